The number of methoxy groups -OCH3 is 3. The maximum atomic E-state index is 13.7. The molecule has 0 aliphatic carbocycles. The Morgan fingerprint density at radius 3 is 1.76 bits per heavy atom. The molecule has 2 aliphatic rings. The second-order valence-corrected chi connectivity index (χ2v) is 15.8. The lowest BCUT2D eigenvalue weighted by molar-refractivity contribution is -0.136. The second kappa shape index (κ2) is 18.9. The minimum atomic E-state index is -1.23. The number of aromatic nitrogens is 4. The predicted octanol–water partition coefficient (Wildman–Crippen LogP) is 6.30. The Morgan fingerprint density at radius 1 is 0.746 bits per heavy atom. The first-order valence-electron chi connectivity index (χ1n) is 20.2. The summed E-state index contributed by atoms with van der Waals surface area (Å²) in [5.74, 6) is 0.572. The smallest absolute Gasteiger partial charge is 0.407 e. The SMILES string of the molecule is COC(=O)N[C@H](C(=O)N1CCC[C@H]1c1nc(-c2ccc(-c3ccc(-c4[nH]c([C@@H]5CCCN5C(=O)[C@@H](NC(=O)O)C(C)C)nc4CC(OC)OC)cc3)cc2)c[nH]1)C(C)C. The number of amides is 4. The van der Waals surface area contributed by atoms with E-state index in [1.807, 2.05) is 82.4 Å². The first-order chi connectivity index (χ1) is 28.3. The third kappa shape index (κ3) is 9.60. The first kappa shape index (κ1) is 42.9. The number of imidazole rings is 2. The van der Waals surface area contributed by atoms with Gasteiger partial charge in [0.05, 0.1) is 36.3 Å². The fourth-order valence-corrected chi connectivity index (χ4v) is 8.05. The molecule has 4 atom stereocenters. The van der Waals surface area contributed by atoms with Crippen LogP contribution in [-0.2, 0) is 30.2 Å². The van der Waals surface area contributed by atoms with E-state index in [9.17, 15) is 24.3 Å². The van der Waals surface area contributed by atoms with Gasteiger partial charge in [-0.3, -0.25) is 9.59 Å². The van der Waals surface area contributed by atoms with Gasteiger partial charge in [-0.2, -0.15) is 0 Å². The monoisotopic (exact) mass is 812 g/mol. The van der Waals surface area contributed by atoms with Crippen molar-refractivity contribution in [2.45, 2.75) is 90.3 Å². The molecular weight excluding hydrogens is 757 g/mol. The average Bonchev–Trinajstić information content (AvgIpc) is 4.07. The second-order valence-electron chi connectivity index (χ2n) is 15.8. The van der Waals surface area contributed by atoms with Crippen molar-refractivity contribution in [1.82, 2.24) is 40.4 Å². The molecule has 316 valence electrons. The van der Waals surface area contributed by atoms with Gasteiger partial charge in [-0.25, -0.2) is 19.6 Å². The normalized spacial score (nSPS) is 17.8. The Labute approximate surface area is 344 Å². The molecule has 4 heterocycles. The van der Waals surface area contributed by atoms with E-state index in [-0.39, 0.29) is 35.7 Å². The van der Waals surface area contributed by atoms with E-state index in [4.69, 9.17) is 24.2 Å². The Balaban J connectivity index is 1.19. The van der Waals surface area contributed by atoms with Gasteiger partial charge in [0, 0.05) is 45.5 Å². The number of H-pyrrole nitrogens is 2. The molecule has 4 aromatic rings. The Hall–Kier alpha value is -5.74. The number of carbonyl (C=O) groups is 4. The number of nitrogens with one attached hydrogen (secondary N) is 4. The maximum absolute atomic E-state index is 13.7. The van der Waals surface area contributed by atoms with Gasteiger partial charge in [0.15, 0.2) is 6.29 Å². The summed E-state index contributed by atoms with van der Waals surface area (Å²) in [4.78, 5) is 71.0. The molecule has 2 saturated heterocycles. The summed E-state index contributed by atoms with van der Waals surface area (Å²) in [5.41, 5.74) is 6.14. The largest absolute Gasteiger partial charge is 0.465 e. The zero-order chi connectivity index (χ0) is 42.4. The summed E-state index contributed by atoms with van der Waals surface area (Å²) in [6, 6.07) is 14.2. The van der Waals surface area contributed by atoms with Gasteiger partial charge in [-0.05, 0) is 54.2 Å². The number of nitrogens with zero attached hydrogens (tertiary/aromatic N) is 4. The zero-order valence-corrected chi connectivity index (χ0v) is 34.8. The van der Waals surface area contributed by atoms with Crippen LogP contribution in [0.2, 0.25) is 0 Å². The van der Waals surface area contributed by atoms with Crippen molar-refractivity contribution >= 4 is 24.0 Å². The third-order valence-electron chi connectivity index (χ3n) is 11.3. The molecule has 2 aromatic heterocycles. The van der Waals surface area contributed by atoms with Crippen LogP contribution in [0.4, 0.5) is 9.59 Å². The van der Waals surface area contributed by atoms with Crippen LogP contribution in [0, 0.1) is 11.8 Å². The average molecular weight is 813 g/mol. The third-order valence-corrected chi connectivity index (χ3v) is 11.3. The fourth-order valence-electron chi connectivity index (χ4n) is 8.05. The number of alkyl carbamates (subject to hydrolysis) is 1. The summed E-state index contributed by atoms with van der Waals surface area (Å²) in [6.07, 6.45) is 2.88. The van der Waals surface area contributed by atoms with Gasteiger partial charge in [0.2, 0.25) is 11.8 Å². The van der Waals surface area contributed by atoms with Crippen molar-refractivity contribution in [3.05, 3.63) is 72.1 Å². The highest BCUT2D eigenvalue weighted by atomic mass is 16.7. The molecule has 59 heavy (non-hydrogen) atoms. The van der Waals surface area contributed by atoms with Crippen molar-refractivity contribution in [1.29, 1.82) is 0 Å². The number of hydrogen-bond acceptors (Lipinski definition) is 9. The van der Waals surface area contributed by atoms with E-state index in [0.29, 0.717) is 37.6 Å². The van der Waals surface area contributed by atoms with Crippen LogP contribution < -0.4 is 10.6 Å². The quantitative estimate of drug-likeness (QED) is 0.0849. The molecule has 2 fully saturated rings. The molecule has 0 unspecified atom stereocenters. The molecule has 0 saturated carbocycles. The number of carbonyl (C=O) groups excluding carboxylic acids is 3. The lowest BCUT2D eigenvalue weighted by atomic mass is 10.0. The van der Waals surface area contributed by atoms with E-state index >= 15 is 0 Å². The molecule has 0 spiro atoms. The number of ether oxygens (including phenoxy) is 3. The molecular formula is C43H56N8O8. The van der Waals surface area contributed by atoms with Crippen LogP contribution >= 0.6 is 0 Å². The van der Waals surface area contributed by atoms with Gasteiger partial charge in [0.1, 0.15) is 23.7 Å². The van der Waals surface area contributed by atoms with Gasteiger partial charge in [-0.1, -0.05) is 76.2 Å². The van der Waals surface area contributed by atoms with Crippen molar-refractivity contribution in [2.75, 3.05) is 34.4 Å². The molecule has 5 N–H and O–H groups in total. The number of benzene rings is 2. The van der Waals surface area contributed by atoms with Crippen molar-refractivity contribution in [3.63, 3.8) is 0 Å². The molecule has 16 nitrogen and oxygen atoms in total. The van der Waals surface area contributed by atoms with Crippen molar-refractivity contribution in [3.8, 4) is 33.6 Å². The van der Waals surface area contributed by atoms with Crippen LogP contribution in [-0.4, -0.2) is 112 Å². The maximum Gasteiger partial charge on any atom is 0.407 e. The highest BCUT2D eigenvalue weighted by Gasteiger charge is 2.39. The molecule has 0 bridgehead atoms. The first-order valence-corrected chi connectivity index (χ1v) is 20.2. The molecule has 2 aromatic carbocycles. The van der Waals surface area contributed by atoms with Gasteiger partial charge < -0.3 is 49.7 Å². The van der Waals surface area contributed by atoms with Crippen molar-refractivity contribution in [2.24, 2.45) is 11.8 Å². The Bertz CT molecular complexity index is 2070. The van der Waals surface area contributed by atoms with Gasteiger partial charge in [-0.15, -0.1) is 0 Å². The van der Waals surface area contributed by atoms with Crippen LogP contribution in [0.5, 0.6) is 0 Å². The number of rotatable bonds is 15. The topological polar surface area (TPSA) is 204 Å². The highest BCUT2D eigenvalue weighted by Crippen LogP contribution is 2.36. The Morgan fingerprint density at radius 2 is 1.25 bits per heavy atom. The summed E-state index contributed by atoms with van der Waals surface area (Å²) in [5, 5.41) is 14.5. The van der Waals surface area contributed by atoms with E-state index in [2.05, 4.69) is 20.6 Å². The number of carboxylic acid groups (broad SMARTS) is 1. The van der Waals surface area contributed by atoms with E-state index in [1.165, 1.54) is 7.11 Å². The van der Waals surface area contributed by atoms with Gasteiger partial charge >= 0.3 is 12.2 Å². The van der Waals surface area contributed by atoms with Crippen LogP contribution in [0.3, 0.4) is 0 Å². The molecule has 2 aliphatic heterocycles. The molecule has 0 radical (unpaired) electrons. The number of hydrogen-bond donors (Lipinski definition) is 5. The lowest BCUT2D eigenvalue weighted by Gasteiger charge is -2.29. The zero-order valence-electron chi connectivity index (χ0n) is 34.8. The molecule has 6 rings (SSSR count). The Kier molecular flexibility index (Phi) is 13.7. The highest BCUT2D eigenvalue weighted by molar-refractivity contribution is 5.87. The molecule has 4 amide bonds. The van der Waals surface area contributed by atoms with E-state index in [1.54, 1.807) is 24.0 Å². The van der Waals surface area contributed by atoms with Gasteiger partial charge in [0.25, 0.3) is 0 Å². The minimum Gasteiger partial charge on any atom is -0.465 e. The number of aromatic amines is 2. The van der Waals surface area contributed by atoms with Crippen molar-refractivity contribution < 1.29 is 38.5 Å². The summed E-state index contributed by atoms with van der Waals surface area (Å²) < 4.78 is 15.8. The summed E-state index contributed by atoms with van der Waals surface area (Å²) in [6.45, 7) is 8.51. The van der Waals surface area contributed by atoms with Crippen LogP contribution in [0.1, 0.15) is 82.8 Å². The van der Waals surface area contributed by atoms with Crippen LogP contribution in [0.25, 0.3) is 33.6 Å². The predicted molar refractivity (Wildman–Crippen MR) is 220 cm³/mol. The minimum absolute atomic E-state index is 0.119. The molecule has 16 heteroatoms. The van der Waals surface area contributed by atoms with Crippen LogP contribution in [0.15, 0.2) is 54.7 Å². The standard InChI is InChI=1S/C43H56N8O8/c1-24(2)35(48-42(54)55)40(52)51-21-9-11-33(51)39-45-30(22-34(57-5)58-6)37(47-39)29-18-14-27(15-19-29)26-12-16-28(17-13-26)31-23-44-38(46-31)32-10-8-20-50(32)41(53)36(25(3)4)49-43(56)59-7/h12-19,23-25,32-36,48H,8-11,20-22H2,1-7H3,(H,44,46)(H,45,47)(H,49,56)(H,54,55)/t32-,33-,35-,36-/m0/s1. The number of likely N-dealkylation sites (tertiary alicyclic amines) is 2. The summed E-state index contributed by atoms with van der Waals surface area (Å²) in [7, 11) is 4.44. The lowest BCUT2D eigenvalue weighted by Crippen LogP contribution is -2.51. The summed E-state index contributed by atoms with van der Waals surface area (Å²) >= 11 is 0. The van der Waals surface area contributed by atoms with E-state index < -0.39 is 30.6 Å². The fraction of sp³-hybridized carbons (Fsp3) is 0.488. The van der Waals surface area contributed by atoms with E-state index in [0.717, 1.165) is 58.6 Å².